The number of hydrogen-bond donors (Lipinski definition) is 1. The van der Waals surface area contributed by atoms with E-state index in [0.29, 0.717) is 30.0 Å². The van der Waals surface area contributed by atoms with Crippen LogP contribution in [0.1, 0.15) is 13.8 Å². The molecule has 0 aliphatic rings. The van der Waals surface area contributed by atoms with Crippen LogP contribution < -0.4 is 10.1 Å². The number of hydrogen-bond acceptors (Lipinski definition) is 8. The van der Waals surface area contributed by atoms with Crippen LogP contribution in [0.4, 0.5) is 5.95 Å². The van der Waals surface area contributed by atoms with Gasteiger partial charge >= 0.3 is 6.01 Å². The SMILES string of the molecule is CCNc1nc(OCC)nc(SCCS(C)(=O)=O)n1. The Kier molecular flexibility index (Phi) is 6.29. The predicted molar refractivity (Wildman–Crippen MR) is 75.6 cm³/mol. The van der Waals surface area contributed by atoms with Gasteiger partial charge in [0.2, 0.25) is 5.95 Å². The molecule has 0 bridgehead atoms. The topological polar surface area (TPSA) is 94.1 Å². The van der Waals surface area contributed by atoms with Crippen molar-refractivity contribution >= 4 is 27.5 Å². The van der Waals surface area contributed by atoms with Gasteiger partial charge in [0, 0.05) is 18.6 Å². The zero-order valence-electron chi connectivity index (χ0n) is 11.2. The maximum Gasteiger partial charge on any atom is 0.322 e. The van der Waals surface area contributed by atoms with Crippen LogP contribution >= 0.6 is 11.8 Å². The fourth-order valence-electron chi connectivity index (χ4n) is 1.12. The van der Waals surface area contributed by atoms with E-state index < -0.39 is 9.84 Å². The minimum Gasteiger partial charge on any atom is -0.464 e. The first kappa shape index (κ1) is 16.0. The van der Waals surface area contributed by atoms with Crippen LogP contribution in [0.25, 0.3) is 0 Å². The third-order valence-corrected chi connectivity index (χ3v) is 3.94. The smallest absolute Gasteiger partial charge is 0.322 e. The van der Waals surface area contributed by atoms with E-state index in [1.807, 2.05) is 13.8 Å². The van der Waals surface area contributed by atoms with E-state index in [9.17, 15) is 8.42 Å². The van der Waals surface area contributed by atoms with Gasteiger partial charge in [0.05, 0.1) is 12.4 Å². The molecule has 1 N–H and O–H groups in total. The first-order chi connectivity index (χ1) is 8.94. The summed E-state index contributed by atoms with van der Waals surface area (Å²) in [5.41, 5.74) is 0. The van der Waals surface area contributed by atoms with Gasteiger partial charge in [-0.25, -0.2) is 8.42 Å². The molecule has 7 nitrogen and oxygen atoms in total. The van der Waals surface area contributed by atoms with Crippen LogP contribution in [0.15, 0.2) is 5.16 Å². The fourth-order valence-corrected chi connectivity index (χ4v) is 3.14. The van der Waals surface area contributed by atoms with E-state index >= 15 is 0 Å². The summed E-state index contributed by atoms with van der Waals surface area (Å²) in [4.78, 5) is 12.4. The summed E-state index contributed by atoms with van der Waals surface area (Å²) in [5, 5.41) is 3.44. The number of aromatic nitrogens is 3. The van der Waals surface area contributed by atoms with Crippen LogP contribution in [0.5, 0.6) is 6.01 Å². The standard InChI is InChI=1S/C10H18N4O3S2/c1-4-11-8-12-9(17-5-2)14-10(13-8)18-6-7-19(3,15)16/h4-7H2,1-3H3,(H,11,12,13,14). The molecule has 0 unspecified atom stereocenters. The minimum absolute atomic E-state index is 0.0872. The Morgan fingerprint density at radius 3 is 2.58 bits per heavy atom. The Hall–Kier alpha value is -1.09. The van der Waals surface area contributed by atoms with Crippen LogP contribution in [0, 0.1) is 0 Å². The van der Waals surface area contributed by atoms with Gasteiger partial charge in [-0.2, -0.15) is 15.0 Å². The summed E-state index contributed by atoms with van der Waals surface area (Å²) in [5.74, 6) is 0.923. The van der Waals surface area contributed by atoms with E-state index in [4.69, 9.17) is 4.74 Å². The molecular weight excluding hydrogens is 288 g/mol. The average molecular weight is 306 g/mol. The van der Waals surface area contributed by atoms with Gasteiger partial charge in [-0.1, -0.05) is 11.8 Å². The zero-order valence-corrected chi connectivity index (χ0v) is 12.8. The highest BCUT2D eigenvalue weighted by Gasteiger charge is 2.09. The van der Waals surface area contributed by atoms with Crippen molar-refractivity contribution in [1.29, 1.82) is 0 Å². The number of rotatable bonds is 8. The van der Waals surface area contributed by atoms with Crippen LogP contribution in [0.2, 0.25) is 0 Å². The second kappa shape index (κ2) is 7.49. The molecule has 108 valence electrons. The second-order valence-corrected chi connectivity index (χ2v) is 6.99. The first-order valence-electron chi connectivity index (χ1n) is 5.88. The van der Waals surface area contributed by atoms with Gasteiger partial charge in [-0.15, -0.1) is 0 Å². The summed E-state index contributed by atoms with van der Waals surface area (Å²) in [6.07, 6.45) is 1.21. The van der Waals surface area contributed by atoms with Crippen molar-refractivity contribution < 1.29 is 13.2 Å². The lowest BCUT2D eigenvalue weighted by Crippen LogP contribution is -2.09. The maximum absolute atomic E-state index is 11.1. The van der Waals surface area contributed by atoms with Crippen LogP contribution in [-0.2, 0) is 9.84 Å². The minimum atomic E-state index is -2.97. The number of thioether (sulfide) groups is 1. The molecule has 1 aromatic heterocycles. The number of nitrogens with zero attached hydrogens (tertiary/aromatic N) is 3. The third kappa shape index (κ3) is 6.58. The van der Waals surface area contributed by atoms with Gasteiger partial charge in [0.1, 0.15) is 9.84 Å². The molecule has 0 aliphatic carbocycles. The van der Waals surface area contributed by atoms with E-state index in [2.05, 4.69) is 20.3 Å². The van der Waals surface area contributed by atoms with Gasteiger partial charge in [0.25, 0.3) is 0 Å². The molecule has 0 aliphatic heterocycles. The summed E-state index contributed by atoms with van der Waals surface area (Å²) in [6.45, 7) is 4.92. The molecule has 1 aromatic rings. The molecule has 1 rings (SSSR count). The second-order valence-electron chi connectivity index (χ2n) is 3.67. The van der Waals surface area contributed by atoms with E-state index in [1.54, 1.807) is 0 Å². The first-order valence-corrected chi connectivity index (χ1v) is 8.92. The molecule has 0 aromatic carbocycles. The largest absolute Gasteiger partial charge is 0.464 e. The van der Waals surface area contributed by atoms with E-state index in [1.165, 1.54) is 18.0 Å². The number of ether oxygens (including phenoxy) is 1. The van der Waals surface area contributed by atoms with Crippen molar-refractivity contribution in [3.05, 3.63) is 0 Å². The quantitative estimate of drug-likeness (QED) is 0.706. The third-order valence-electron chi connectivity index (χ3n) is 1.89. The van der Waals surface area contributed by atoms with E-state index in [0.717, 1.165) is 0 Å². The summed E-state index contributed by atoms with van der Waals surface area (Å²) < 4.78 is 27.4. The molecule has 9 heteroatoms. The average Bonchev–Trinajstić information content (AvgIpc) is 2.28. The Morgan fingerprint density at radius 2 is 2.00 bits per heavy atom. The number of sulfone groups is 1. The van der Waals surface area contributed by atoms with Crippen molar-refractivity contribution in [2.45, 2.75) is 19.0 Å². The lowest BCUT2D eigenvalue weighted by atomic mass is 10.7. The Labute approximate surface area is 117 Å². The van der Waals surface area contributed by atoms with Gasteiger partial charge in [-0.3, -0.25) is 0 Å². The summed E-state index contributed by atoms with van der Waals surface area (Å²) >= 11 is 1.27. The normalized spacial score (nSPS) is 11.3. The molecule has 0 atom stereocenters. The summed E-state index contributed by atoms with van der Waals surface area (Å²) in [6, 6.07) is 0.246. The Morgan fingerprint density at radius 1 is 1.26 bits per heavy atom. The zero-order chi connectivity index (χ0) is 14.3. The molecule has 0 radical (unpaired) electrons. The highest BCUT2D eigenvalue weighted by Crippen LogP contribution is 2.17. The fraction of sp³-hybridized carbons (Fsp3) is 0.700. The molecular formula is C10H18N4O3S2. The highest BCUT2D eigenvalue weighted by molar-refractivity contribution is 8.00. The van der Waals surface area contributed by atoms with E-state index in [-0.39, 0.29) is 11.8 Å². The van der Waals surface area contributed by atoms with Crippen molar-refractivity contribution in [2.75, 3.05) is 36.2 Å². The maximum atomic E-state index is 11.1. The van der Waals surface area contributed by atoms with Gasteiger partial charge < -0.3 is 10.1 Å². The summed E-state index contributed by atoms with van der Waals surface area (Å²) in [7, 11) is -2.97. The van der Waals surface area contributed by atoms with Crippen molar-refractivity contribution in [3.63, 3.8) is 0 Å². The lowest BCUT2D eigenvalue weighted by Gasteiger charge is -2.07. The Bertz CT molecular complexity index is 483. The molecule has 0 saturated heterocycles. The van der Waals surface area contributed by atoms with Crippen molar-refractivity contribution in [2.24, 2.45) is 0 Å². The molecule has 1 heterocycles. The Balaban J connectivity index is 2.74. The molecule has 0 spiro atoms. The number of nitrogens with one attached hydrogen (secondary N) is 1. The molecule has 19 heavy (non-hydrogen) atoms. The predicted octanol–water partition coefficient (Wildman–Crippen LogP) is 0.839. The van der Waals surface area contributed by atoms with Gasteiger partial charge in [-0.05, 0) is 13.8 Å². The number of anilines is 1. The lowest BCUT2D eigenvalue weighted by molar-refractivity contribution is 0.308. The molecule has 0 fully saturated rings. The molecule has 0 amide bonds. The highest BCUT2D eigenvalue weighted by atomic mass is 32.2. The van der Waals surface area contributed by atoms with Crippen molar-refractivity contribution in [1.82, 2.24) is 15.0 Å². The van der Waals surface area contributed by atoms with Crippen LogP contribution in [0.3, 0.4) is 0 Å². The monoisotopic (exact) mass is 306 g/mol. The molecule has 0 saturated carbocycles. The van der Waals surface area contributed by atoms with Gasteiger partial charge in [0.15, 0.2) is 5.16 Å². The van der Waals surface area contributed by atoms with Crippen LogP contribution in [-0.4, -0.2) is 54.3 Å². The van der Waals surface area contributed by atoms with Crippen molar-refractivity contribution in [3.8, 4) is 6.01 Å².